The van der Waals surface area contributed by atoms with Crippen molar-refractivity contribution >= 4 is 21.5 Å². The summed E-state index contributed by atoms with van der Waals surface area (Å²) in [5.74, 6) is 0. The van der Waals surface area contributed by atoms with E-state index in [-0.39, 0.29) is 0 Å². The average Bonchev–Trinajstić information content (AvgIpc) is 2.78. The number of fused-ring (bicyclic) bond motifs is 2. The zero-order chi connectivity index (χ0) is 17.4. The molecule has 1 aromatic carbocycles. The number of halogens is 1. The molecular weight excluding hydrogens is 372 g/mol. The van der Waals surface area contributed by atoms with Crippen LogP contribution in [0.4, 0.5) is 0 Å². The number of rotatable bonds is 1. The van der Waals surface area contributed by atoms with Crippen molar-refractivity contribution in [3.63, 3.8) is 0 Å². The van der Waals surface area contributed by atoms with E-state index in [0.717, 1.165) is 17.3 Å². The highest BCUT2D eigenvalue weighted by atomic mass is 79.9. The molecule has 1 unspecified atom stereocenters. The first-order valence-electron chi connectivity index (χ1n) is 9.52. The van der Waals surface area contributed by atoms with E-state index in [1.54, 1.807) is 11.1 Å². The van der Waals surface area contributed by atoms with Gasteiger partial charge in [0.1, 0.15) is 0 Å². The van der Waals surface area contributed by atoms with E-state index in [1.165, 1.54) is 54.7 Å². The molecule has 2 nitrogen and oxygen atoms in total. The first kappa shape index (κ1) is 17.1. The Hall–Kier alpha value is -1.32. The Morgan fingerprint density at radius 1 is 1.16 bits per heavy atom. The van der Waals surface area contributed by atoms with Crippen molar-refractivity contribution in [2.75, 3.05) is 19.6 Å². The summed E-state index contributed by atoms with van der Waals surface area (Å²) < 4.78 is 1.16. The van der Waals surface area contributed by atoms with Crippen LogP contribution in [0.3, 0.4) is 0 Å². The van der Waals surface area contributed by atoms with Gasteiger partial charge in [0, 0.05) is 23.8 Å². The van der Waals surface area contributed by atoms with Crippen molar-refractivity contribution in [3.05, 3.63) is 62.8 Å². The molecule has 1 atom stereocenters. The van der Waals surface area contributed by atoms with Crippen LogP contribution in [-0.4, -0.2) is 30.6 Å². The number of hydrogen-bond donors (Lipinski definition) is 1. The molecule has 1 aromatic rings. The third-order valence-electron chi connectivity index (χ3n) is 5.89. The summed E-state index contributed by atoms with van der Waals surface area (Å²) in [7, 11) is 0. The summed E-state index contributed by atoms with van der Waals surface area (Å²) in [4.78, 5) is 2.57. The highest BCUT2D eigenvalue weighted by Gasteiger charge is 2.30. The predicted molar refractivity (Wildman–Crippen MR) is 110 cm³/mol. The lowest BCUT2D eigenvalue weighted by Gasteiger charge is -2.33. The van der Waals surface area contributed by atoms with Gasteiger partial charge in [-0.05, 0) is 83.4 Å². The van der Waals surface area contributed by atoms with Gasteiger partial charge >= 0.3 is 0 Å². The molecular formula is C22H27BrN2. The van der Waals surface area contributed by atoms with Gasteiger partial charge in [-0.1, -0.05) is 36.3 Å². The summed E-state index contributed by atoms with van der Waals surface area (Å²) in [5.41, 5.74) is 9.11. The molecule has 0 bridgehead atoms. The number of piperidine rings is 1. The van der Waals surface area contributed by atoms with Gasteiger partial charge in [0.2, 0.25) is 0 Å². The topological polar surface area (TPSA) is 15.3 Å². The summed E-state index contributed by atoms with van der Waals surface area (Å²) in [6.07, 6.45) is 9.13. The second-order valence-electron chi connectivity index (χ2n) is 7.46. The number of hydrogen-bond acceptors (Lipinski definition) is 2. The lowest BCUT2D eigenvalue weighted by Crippen LogP contribution is -2.34. The third kappa shape index (κ3) is 3.37. The number of likely N-dealkylation sites (tertiary alicyclic amines) is 1. The maximum absolute atomic E-state index is 3.69. The van der Waals surface area contributed by atoms with Crippen LogP contribution in [0.2, 0.25) is 0 Å². The van der Waals surface area contributed by atoms with E-state index >= 15 is 0 Å². The fourth-order valence-corrected chi connectivity index (χ4v) is 4.91. The van der Waals surface area contributed by atoms with E-state index < -0.39 is 0 Å². The van der Waals surface area contributed by atoms with Gasteiger partial charge in [0.15, 0.2) is 0 Å². The van der Waals surface area contributed by atoms with Gasteiger partial charge in [0.05, 0.1) is 6.04 Å². The minimum atomic E-state index is 0.341. The molecule has 3 aliphatic rings. The van der Waals surface area contributed by atoms with Crippen molar-refractivity contribution in [2.45, 2.75) is 45.6 Å². The molecule has 132 valence electrons. The fraction of sp³-hybridized carbons (Fsp3) is 0.455. The summed E-state index contributed by atoms with van der Waals surface area (Å²) in [5, 5.41) is 3.69. The van der Waals surface area contributed by atoms with E-state index in [1.807, 2.05) is 0 Å². The zero-order valence-electron chi connectivity index (χ0n) is 15.2. The molecule has 1 fully saturated rings. The first-order valence-corrected chi connectivity index (χ1v) is 10.3. The molecule has 2 aliphatic heterocycles. The standard InChI is InChI=1S/C22H27BrN2/c1-3-25-10-8-16(9-11-25)21-20-7-4-15(2)12-17(20)5-6-18-13-19(23)14-24-22(18)21/h4,7,12-14,22,24H,3,5-6,8-11H2,1-2H3. The Morgan fingerprint density at radius 2 is 1.96 bits per heavy atom. The van der Waals surface area contributed by atoms with Gasteiger partial charge in [-0.15, -0.1) is 0 Å². The molecule has 0 amide bonds. The van der Waals surface area contributed by atoms with Crippen LogP contribution in [-0.2, 0) is 6.42 Å². The van der Waals surface area contributed by atoms with Crippen molar-refractivity contribution in [2.24, 2.45) is 0 Å². The van der Waals surface area contributed by atoms with Crippen molar-refractivity contribution in [3.8, 4) is 0 Å². The van der Waals surface area contributed by atoms with Crippen molar-refractivity contribution in [1.82, 2.24) is 10.2 Å². The molecule has 0 spiro atoms. The van der Waals surface area contributed by atoms with Gasteiger partial charge in [-0.3, -0.25) is 0 Å². The Balaban J connectivity index is 1.81. The maximum atomic E-state index is 3.69. The number of aryl methyl sites for hydroxylation is 2. The normalized spacial score (nSPS) is 23.9. The second-order valence-corrected chi connectivity index (χ2v) is 8.38. The van der Waals surface area contributed by atoms with Crippen LogP contribution >= 0.6 is 15.9 Å². The molecule has 2 heterocycles. The summed E-state index contributed by atoms with van der Waals surface area (Å²) in [6.45, 7) is 8.04. The van der Waals surface area contributed by atoms with Crippen LogP contribution in [0.25, 0.3) is 5.57 Å². The van der Waals surface area contributed by atoms with E-state index in [9.17, 15) is 0 Å². The summed E-state index contributed by atoms with van der Waals surface area (Å²) >= 11 is 3.66. The lowest BCUT2D eigenvalue weighted by atomic mass is 9.84. The average molecular weight is 399 g/mol. The van der Waals surface area contributed by atoms with E-state index in [0.29, 0.717) is 6.04 Å². The van der Waals surface area contributed by atoms with Crippen molar-refractivity contribution < 1.29 is 0 Å². The molecule has 3 heteroatoms. The molecule has 1 N–H and O–H groups in total. The number of nitrogens with one attached hydrogen (secondary N) is 1. The number of dihydropyridines is 1. The Kier molecular flexibility index (Phi) is 4.88. The van der Waals surface area contributed by atoms with Crippen LogP contribution < -0.4 is 5.32 Å². The molecule has 0 radical (unpaired) electrons. The number of benzene rings is 1. The smallest absolute Gasteiger partial charge is 0.0731 e. The Labute approximate surface area is 159 Å². The van der Waals surface area contributed by atoms with E-state index in [4.69, 9.17) is 0 Å². The fourth-order valence-electron chi connectivity index (χ4n) is 4.49. The van der Waals surface area contributed by atoms with Gasteiger partial charge in [-0.2, -0.15) is 0 Å². The third-order valence-corrected chi connectivity index (χ3v) is 6.35. The molecule has 25 heavy (non-hydrogen) atoms. The Morgan fingerprint density at radius 3 is 2.72 bits per heavy atom. The molecule has 0 saturated carbocycles. The maximum Gasteiger partial charge on any atom is 0.0731 e. The minimum Gasteiger partial charge on any atom is -0.379 e. The predicted octanol–water partition coefficient (Wildman–Crippen LogP) is 4.95. The lowest BCUT2D eigenvalue weighted by molar-refractivity contribution is 0.270. The second kappa shape index (κ2) is 7.13. The molecule has 0 aromatic heterocycles. The van der Waals surface area contributed by atoms with Gasteiger partial charge < -0.3 is 10.2 Å². The monoisotopic (exact) mass is 398 g/mol. The van der Waals surface area contributed by atoms with Gasteiger partial charge in [0.25, 0.3) is 0 Å². The van der Waals surface area contributed by atoms with Crippen LogP contribution in [0.15, 0.2) is 46.1 Å². The summed E-state index contributed by atoms with van der Waals surface area (Å²) in [6, 6.07) is 7.40. The highest BCUT2D eigenvalue weighted by molar-refractivity contribution is 9.11. The van der Waals surface area contributed by atoms with E-state index in [2.05, 4.69) is 70.5 Å². The molecule has 4 rings (SSSR count). The number of nitrogens with zero attached hydrogens (tertiary/aromatic N) is 1. The zero-order valence-corrected chi connectivity index (χ0v) is 16.8. The SMILES string of the molecule is CCN1CCC(=C2c3ccc(C)cc3CCC3=CC(Br)=CNC32)CC1. The van der Waals surface area contributed by atoms with Crippen LogP contribution in [0.5, 0.6) is 0 Å². The highest BCUT2D eigenvalue weighted by Crippen LogP contribution is 2.40. The molecule has 1 aliphatic carbocycles. The molecule has 1 saturated heterocycles. The van der Waals surface area contributed by atoms with Crippen LogP contribution in [0, 0.1) is 6.92 Å². The largest absolute Gasteiger partial charge is 0.379 e. The quantitative estimate of drug-likeness (QED) is 0.719. The van der Waals surface area contributed by atoms with Gasteiger partial charge in [-0.25, -0.2) is 0 Å². The number of allylic oxidation sites excluding steroid dienone is 2. The first-order chi connectivity index (χ1) is 12.2. The van der Waals surface area contributed by atoms with Crippen LogP contribution in [0.1, 0.15) is 42.9 Å². The minimum absolute atomic E-state index is 0.341. The Bertz CT molecular complexity index is 762. The van der Waals surface area contributed by atoms with Crippen molar-refractivity contribution in [1.29, 1.82) is 0 Å².